The maximum absolute atomic E-state index is 13.2. The third-order valence-corrected chi connectivity index (χ3v) is 7.80. The number of aryl methyl sites for hydroxylation is 2. The van der Waals surface area contributed by atoms with Gasteiger partial charge in [-0.3, -0.25) is 0 Å². The van der Waals surface area contributed by atoms with Crippen LogP contribution in [0.25, 0.3) is 0 Å². The molecule has 7 heteroatoms. The zero-order chi connectivity index (χ0) is 26.6. The van der Waals surface area contributed by atoms with Crippen molar-refractivity contribution in [1.82, 2.24) is 0 Å². The van der Waals surface area contributed by atoms with Crippen LogP contribution in [0.15, 0.2) is 94.7 Å². The molecule has 0 aliphatic heterocycles. The Morgan fingerprint density at radius 3 is 1.78 bits per heavy atom. The Bertz CT molecular complexity index is 1630. The predicted molar refractivity (Wildman–Crippen MR) is 139 cm³/mol. The number of hydrogen-bond donors (Lipinski definition) is 0. The molecule has 0 radical (unpaired) electrons. The maximum atomic E-state index is 13.2. The summed E-state index contributed by atoms with van der Waals surface area (Å²) in [6.45, 7) is 5.55. The highest BCUT2D eigenvalue weighted by molar-refractivity contribution is 7.91. The zero-order valence-electron chi connectivity index (χ0n) is 20.6. The first-order valence-corrected chi connectivity index (χ1v) is 13.0. The molecule has 37 heavy (non-hydrogen) atoms. The maximum Gasteiger partial charge on any atom is 0.206 e. The molecule has 0 heterocycles. The molecule has 4 aromatic rings. The van der Waals surface area contributed by atoms with Crippen LogP contribution in [0.3, 0.4) is 0 Å². The average Bonchev–Trinajstić information content (AvgIpc) is 2.89. The molecule has 4 aromatic carbocycles. The number of sulfone groups is 1. The van der Waals surface area contributed by atoms with E-state index in [9.17, 15) is 18.9 Å². The van der Waals surface area contributed by atoms with Crippen molar-refractivity contribution in [1.29, 1.82) is 10.5 Å². The van der Waals surface area contributed by atoms with Gasteiger partial charge in [0, 0.05) is 5.56 Å². The Labute approximate surface area is 216 Å². The molecule has 0 aliphatic rings. The van der Waals surface area contributed by atoms with Gasteiger partial charge in [-0.2, -0.15) is 10.5 Å². The van der Waals surface area contributed by atoms with Gasteiger partial charge in [-0.25, -0.2) is 8.42 Å². The van der Waals surface area contributed by atoms with Crippen molar-refractivity contribution < 1.29 is 17.9 Å². The van der Waals surface area contributed by atoms with E-state index in [1.54, 1.807) is 36.4 Å². The lowest BCUT2D eigenvalue weighted by molar-refractivity contribution is 0.226. The molecule has 1 unspecified atom stereocenters. The summed E-state index contributed by atoms with van der Waals surface area (Å²) in [6, 6.07) is 27.5. The fourth-order valence-corrected chi connectivity index (χ4v) is 5.23. The van der Waals surface area contributed by atoms with E-state index in [0.29, 0.717) is 28.4 Å². The second-order valence-corrected chi connectivity index (χ2v) is 10.5. The van der Waals surface area contributed by atoms with Gasteiger partial charge in [0.05, 0.1) is 27.0 Å². The van der Waals surface area contributed by atoms with Crippen LogP contribution < -0.4 is 9.47 Å². The van der Waals surface area contributed by atoms with E-state index in [-0.39, 0.29) is 15.9 Å². The summed E-state index contributed by atoms with van der Waals surface area (Å²) >= 11 is 0. The van der Waals surface area contributed by atoms with Gasteiger partial charge in [0.1, 0.15) is 29.4 Å². The minimum atomic E-state index is -3.77. The highest BCUT2D eigenvalue weighted by Gasteiger charge is 2.19. The number of ether oxygens (including phenoxy) is 2. The lowest BCUT2D eigenvalue weighted by Gasteiger charge is -2.17. The summed E-state index contributed by atoms with van der Waals surface area (Å²) in [5.41, 5.74) is 3.45. The highest BCUT2D eigenvalue weighted by atomic mass is 32.2. The first kappa shape index (κ1) is 25.5. The van der Waals surface area contributed by atoms with Gasteiger partial charge >= 0.3 is 0 Å². The van der Waals surface area contributed by atoms with E-state index in [0.717, 1.165) is 16.7 Å². The van der Waals surface area contributed by atoms with Crippen LogP contribution in [-0.4, -0.2) is 8.42 Å². The van der Waals surface area contributed by atoms with Crippen molar-refractivity contribution in [3.8, 4) is 29.4 Å². The Morgan fingerprint density at radius 1 is 0.703 bits per heavy atom. The van der Waals surface area contributed by atoms with Crippen LogP contribution in [0.5, 0.6) is 17.2 Å². The Kier molecular flexibility index (Phi) is 7.29. The van der Waals surface area contributed by atoms with Gasteiger partial charge in [-0.1, -0.05) is 30.3 Å². The molecular weight excluding hydrogens is 484 g/mol. The second-order valence-electron chi connectivity index (χ2n) is 8.52. The molecule has 4 rings (SSSR count). The summed E-state index contributed by atoms with van der Waals surface area (Å²) in [4.78, 5) is 0.241. The third kappa shape index (κ3) is 5.33. The zero-order valence-corrected chi connectivity index (χ0v) is 21.4. The largest absolute Gasteiger partial charge is 0.486 e. The summed E-state index contributed by atoms with van der Waals surface area (Å²) in [6.07, 6.45) is -0.389. The van der Waals surface area contributed by atoms with E-state index in [1.165, 1.54) is 24.3 Å². The molecule has 0 saturated carbocycles. The standard InChI is InChI=1S/C30H24N2O4S/c1-20-6-4-8-27(28(20)18-31)22(3)35-23-10-14-25(15-11-23)37(33,34)26-16-12-24(13-17-26)36-30-9-5-7-21(2)29(30)19-32/h4-17,22H,1-3H3. The van der Waals surface area contributed by atoms with Crippen molar-refractivity contribution in [3.63, 3.8) is 0 Å². The van der Waals surface area contributed by atoms with E-state index >= 15 is 0 Å². The van der Waals surface area contributed by atoms with Crippen molar-refractivity contribution in [2.75, 3.05) is 0 Å². The van der Waals surface area contributed by atoms with E-state index < -0.39 is 9.84 Å². The Hall–Kier alpha value is -4.59. The molecule has 0 fully saturated rings. The normalized spacial score (nSPS) is 11.7. The van der Waals surface area contributed by atoms with Crippen LogP contribution in [-0.2, 0) is 9.84 Å². The summed E-state index contributed by atoms with van der Waals surface area (Å²) in [5, 5.41) is 18.9. The van der Waals surface area contributed by atoms with Crippen LogP contribution in [0.4, 0.5) is 0 Å². The number of nitriles is 2. The van der Waals surface area contributed by atoms with Crippen molar-refractivity contribution in [2.45, 2.75) is 36.7 Å². The van der Waals surface area contributed by atoms with Crippen LogP contribution in [0.1, 0.15) is 40.8 Å². The third-order valence-electron chi connectivity index (χ3n) is 6.01. The molecule has 0 amide bonds. The lowest BCUT2D eigenvalue weighted by Crippen LogP contribution is -2.07. The van der Waals surface area contributed by atoms with Crippen molar-refractivity contribution in [3.05, 3.63) is 113 Å². The molecular formula is C30H24N2O4S. The monoisotopic (exact) mass is 508 g/mol. The van der Waals surface area contributed by atoms with Gasteiger partial charge in [0.2, 0.25) is 9.84 Å². The molecule has 6 nitrogen and oxygen atoms in total. The Morgan fingerprint density at radius 2 is 1.22 bits per heavy atom. The first-order valence-electron chi connectivity index (χ1n) is 11.5. The fourth-order valence-electron chi connectivity index (χ4n) is 3.97. The minimum Gasteiger partial charge on any atom is -0.486 e. The number of hydrogen-bond acceptors (Lipinski definition) is 6. The van der Waals surface area contributed by atoms with Gasteiger partial charge in [-0.05, 0) is 86.5 Å². The lowest BCUT2D eigenvalue weighted by atomic mass is 9.99. The number of benzene rings is 4. The summed E-state index contributed by atoms with van der Waals surface area (Å²) < 4.78 is 38.1. The van der Waals surface area contributed by atoms with Gasteiger partial charge in [0.25, 0.3) is 0 Å². The summed E-state index contributed by atoms with van der Waals surface area (Å²) in [5.74, 6) is 1.33. The molecule has 1 atom stereocenters. The molecule has 0 aliphatic carbocycles. The van der Waals surface area contributed by atoms with E-state index in [4.69, 9.17) is 9.47 Å². The molecule has 184 valence electrons. The van der Waals surface area contributed by atoms with Crippen LogP contribution in [0.2, 0.25) is 0 Å². The fraction of sp³-hybridized carbons (Fsp3) is 0.133. The molecule has 0 saturated heterocycles. The topological polar surface area (TPSA) is 100 Å². The molecule has 0 aromatic heterocycles. The SMILES string of the molecule is Cc1cccc(Oc2ccc(S(=O)(=O)c3ccc(OC(C)c4cccc(C)c4C#N)cc3)cc2)c1C#N. The van der Waals surface area contributed by atoms with Crippen LogP contribution in [0, 0.1) is 36.5 Å². The quantitative estimate of drug-likeness (QED) is 0.272. The van der Waals surface area contributed by atoms with Gasteiger partial charge in [-0.15, -0.1) is 0 Å². The first-order chi connectivity index (χ1) is 17.7. The van der Waals surface area contributed by atoms with Crippen molar-refractivity contribution >= 4 is 9.84 Å². The second kappa shape index (κ2) is 10.6. The Balaban J connectivity index is 1.50. The molecule has 0 spiro atoms. The molecule has 0 bridgehead atoms. The van der Waals surface area contributed by atoms with Crippen LogP contribution >= 0.6 is 0 Å². The van der Waals surface area contributed by atoms with Crippen molar-refractivity contribution in [2.24, 2.45) is 0 Å². The number of nitrogens with zero attached hydrogens (tertiary/aromatic N) is 2. The van der Waals surface area contributed by atoms with E-state index in [2.05, 4.69) is 12.1 Å². The minimum absolute atomic E-state index is 0.116. The van der Waals surface area contributed by atoms with E-state index in [1.807, 2.05) is 45.0 Å². The number of rotatable bonds is 7. The predicted octanol–water partition coefficient (Wildman–Crippen LogP) is 6.81. The van der Waals surface area contributed by atoms with Gasteiger partial charge < -0.3 is 9.47 Å². The average molecular weight is 509 g/mol. The molecule has 0 N–H and O–H groups in total. The van der Waals surface area contributed by atoms with Gasteiger partial charge in [0.15, 0.2) is 0 Å². The summed E-state index contributed by atoms with van der Waals surface area (Å²) in [7, 11) is -3.77. The highest BCUT2D eigenvalue weighted by Crippen LogP contribution is 2.31. The smallest absolute Gasteiger partial charge is 0.206 e.